The summed E-state index contributed by atoms with van der Waals surface area (Å²) in [7, 11) is 0. The first kappa shape index (κ1) is 37.2. The Hall–Kier alpha value is -8.20. The van der Waals surface area contributed by atoms with Gasteiger partial charge in [-0.1, -0.05) is 202 Å². The zero-order valence-corrected chi connectivity index (χ0v) is 36.8. The van der Waals surface area contributed by atoms with E-state index in [4.69, 9.17) is 0 Å². The molecule has 310 valence electrons. The fourth-order valence-corrected chi connectivity index (χ4v) is 12.6. The van der Waals surface area contributed by atoms with Crippen LogP contribution in [0.15, 0.2) is 231 Å². The molecule has 0 aliphatic heterocycles. The third-order valence-electron chi connectivity index (χ3n) is 15.2. The molecule has 2 nitrogen and oxygen atoms in total. The van der Waals surface area contributed by atoms with Gasteiger partial charge in [-0.2, -0.15) is 0 Å². The van der Waals surface area contributed by atoms with Gasteiger partial charge in [0.1, 0.15) is 0 Å². The summed E-state index contributed by atoms with van der Waals surface area (Å²) in [6.45, 7) is 4.77. The molecule has 2 heteroatoms. The Balaban J connectivity index is 1.11. The summed E-state index contributed by atoms with van der Waals surface area (Å²) in [5.74, 6) is 0. The minimum Gasteiger partial charge on any atom is -0.309 e. The molecule has 0 N–H and O–H groups in total. The van der Waals surface area contributed by atoms with Crippen LogP contribution in [0, 0.1) is 0 Å². The molecule has 0 saturated carbocycles. The third-order valence-corrected chi connectivity index (χ3v) is 15.2. The van der Waals surface area contributed by atoms with Crippen molar-refractivity contribution in [2.75, 3.05) is 4.90 Å². The van der Waals surface area contributed by atoms with Crippen LogP contribution >= 0.6 is 0 Å². The van der Waals surface area contributed by atoms with Crippen LogP contribution in [-0.2, 0) is 10.8 Å². The van der Waals surface area contributed by atoms with Gasteiger partial charge in [0.25, 0.3) is 0 Å². The zero-order valence-electron chi connectivity index (χ0n) is 36.8. The molecule has 0 bridgehead atoms. The maximum absolute atomic E-state index is 2.63. The van der Waals surface area contributed by atoms with Crippen LogP contribution in [0.5, 0.6) is 0 Å². The van der Waals surface area contributed by atoms with Crippen LogP contribution in [0.4, 0.5) is 17.1 Å². The van der Waals surface area contributed by atoms with Crippen molar-refractivity contribution in [1.29, 1.82) is 0 Å². The zero-order chi connectivity index (χ0) is 43.7. The van der Waals surface area contributed by atoms with Crippen LogP contribution < -0.4 is 4.90 Å². The average Bonchev–Trinajstić information content (AvgIpc) is 4.05. The van der Waals surface area contributed by atoms with E-state index in [2.05, 4.69) is 254 Å². The standard InChI is InChI=1S/C64H44N2/c1-63(2)49-30-12-8-26-46(49)61-53(63)34-19-39-58(61)66(55-36-16-10-25-44(55)45-29-18-38-57-60(45)48-28-11-17-37-56(48)65(57)41-21-4-3-5-22-41)59-40-20-35-54-62(59)47-27-9-15-33-52(47)64(54)50-31-13-6-23-42(50)43-24-7-14-32-51(43)64/h3-40H,1-2H3. The quantitative estimate of drug-likeness (QED) is 0.168. The van der Waals surface area contributed by atoms with E-state index in [0.29, 0.717) is 0 Å². The normalized spacial score (nSPS) is 14.2. The highest BCUT2D eigenvalue weighted by Crippen LogP contribution is 2.65. The first-order chi connectivity index (χ1) is 32.6. The molecule has 66 heavy (non-hydrogen) atoms. The van der Waals surface area contributed by atoms with Crippen molar-refractivity contribution in [1.82, 2.24) is 4.57 Å². The van der Waals surface area contributed by atoms with Gasteiger partial charge in [0.05, 0.1) is 33.5 Å². The molecule has 0 radical (unpaired) electrons. The molecule has 1 spiro atoms. The topological polar surface area (TPSA) is 8.17 Å². The second-order valence-corrected chi connectivity index (χ2v) is 18.7. The third kappa shape index (κ3) is 4.75. The summed E-state index contributed by atoms with van der Waals surface area (Å²) in [4.78, 5) is 2.63. The van der Waals surface area contributed by atoms with Gasteiger partial charge in [0, 0.05) is 38.6 Å². The van der Waals surface area contributed by atoms with Gasteiger partial charge in [-0.15, -0.1) is 0 Å². The second-order valence-electron chi connectivity index (χ2n) is 18.7. The largest absolute Gasteiger partial charge is 0.309 e. The maximum Gasteiger partial charge on any atom is 0.0726 e. The van der Waals surface area contributed by atoms with E-state index in [1.165, 1.54) is 111 Å². The summed E-state index contributed by atoms with van der Waals surface area (Å²) in [6, 6.07) is 86.3. The number of hydrogen-bond acceptors (Lipinski definition) is 1. The van der Waals surface area contributed by atoms with Crippen molar-refractivity contribution in [3.05, 3.63) is 264 Å². The number of para-hydroxylation sites is 3. The minimum atomic E-state index is -0.474. The maximum atomic E-state index is 2.63. The Kier molecular flexibility index (Phi) is 7.70. The number of anilines is 3. The van der Waals surface area contributed by atoms with Crippen molar-refractivity contribution in [2.45, 2.75) is 24.7 Å². The Morgan fingerprint density at radius 2 is 0.758 bits per heavy atom. The number of rotatable bonds is 5. The van der Waals surface area contributed by atoms with Crippen molar-refractivity contribution < 1.29 is 0 Å². The van der Waals surface area contributed by atoms with Gasteiger partial charge in [0.2, 0.25) is 0 Å². The number of aromatic nitrogens is 1. The first-order valence-electron chi connectivity index (χ1n) is 23.2. The van der Waals surface area contributed by atoms with Gasteiger partial charge >= 0.3 is 0 Å². The molecule has 0 atom stereocenters. The summed E-state index contributed by atoms with van der Waals surface area (Å²) in [6.07, 6.45) is 0. The molecular formula is C64H44N2. The predicted molar refractivity (Wildman–Crippen MR) is 275 cm³/mol. The Bertz CT molecular complexity index is 3760. The number of hydrogen-bond donors (Lipinski definition) is 0. The summed E-state index contributed by atoms with van der Waals surface area (Å²) >= 11 is 0. The molecule has 3 aliphatic carbocycles. The fraction of sp³-hybridized carbons (Fsp3) is 0.0625. The smallest absolute Gasteiger partial charge is 0.0726 e. The van der Waals surface area contributed by atoms with Crippen molar-refractivity contribution in [2.24, 2.45) is 0 Å². The van der Waals surface area contributed by atoms with E-state index < -0.39 is 5.41 Å². The van der Waals surface area contributed by atoms with Crippen LogP contribution in [0.25, 0.3) is 72.0 Å². The van der Waals surface area contributed by atoms with Crippen LogP contribution in [0.1, 0.15) is 47.2 Å². The van der Waals surface area contributed by atoms with Gasteiger partial charge in [0.15, 0.2) is 0 Å². The van der Waals surface area contributed by atoms with Gasteiger partial charge in [-0.25, -0.2) is 0 Å². The Morgan fingerprint density at radius 1 is 0.318 bits per heavy atom. The monoisotopic (exact) mass is 840 g/mol. The molecule has 1 heterocycles. The van der Waals surface area contributed by atoms with E-state index in [9.17, 15) is 0 Å². The summed E-state index contributed by atoms with van der Waals surface area (Å²) < 4.78 is 2.43. The molecule has 0 unspecified atom stereocenters. The molecule has 11 aromatic rings. The van der Waals surface area contributed by atoms with Gasteiger partial charge in [-0.05, 0) is 104 Å². The number of benzene rings is 10. The van der Waals surface area contributed by atoms with E-state index in [1.807, 2.05) is 0 Å². The van der Waals surface area contributed by atoms with E-state index in [0.717, 1.165) is 11.4 Å². The molecule has 0 fully saturated rings. The van der Waals surface area contributed by atoms with Crippen LogP contribution in [0.2, 0.25) is 0 Å². The number of nitrogens with zero attached hydrogens (tertiary/aromatic N) is 2. The predicted octanol–water partition coefficient (Wildman–Crippen LogP) is 16.6. The van der Waals surface area contributed by atoms with Crippen molar-refractivity contribution in [3.63, 3.8) is 0 Å². The lowest BCUT2D eigenvalue weighted by Crippen LogP contribution is -2.26. The van der Waals surface area contributed by atoms with Crippen LogP contribution in [-0.4, -0.2) is 4.57 Å². The SMILES string of the molecule is CC1(C)c2ccccc2-c2c(N(c3ccccc3-c3cccc4c3c3ccccc3n4-c3ccccc3)c3cccc4c3-c3ccccc3C43c4ccccc4-c4ccccc43)cccc21. The molecular weight excluding hydrogens is 797 g/mol. The van der Waals surface area contributed by atoms with E-state index in [1.54, 1.807) is 0 Å². The van der Waals surface area contributed by atoms with Crippen molar-refractivity contribution in [3.8, 4) is 50.2 Å². The lowest BCUT2D eigenvalue weighted by atomic mass is 9.70. The Morgan fingerprint density at radius 3 is 1.45 bits per heavy atom. The average molecular weight is 841 g/mol. The first-order valence-corrected chi connectivity index (χ1v) is 23.2. The summed E-state index contributed by atoms with van der Waals surface area (Å²) in [5, 5.41) is 2.48. The molecule has 1 aromatic heterocycles. The lowest BCUT2D eigenvalue weighted by Gasteiger charge is -2.33. The van der Waals surface area contributed by atoms with Crippen LogP contribution in [0.3, 0.4) is 0 Å². The summed E-state index contributed by atoms with van der Waals surface area (Å²) in [5.41, 5.74) is 24.6. The molecule has 14 rings (SSSR count). The molecule has 10 aromatic carbocycles. The minimum absolute atomic E-state index is 0.176. The highest BCUT2D eigenvalue weighted by atomic mass is 15.2. The number of fused-ring (bicyclic) bond motifs is 16. The van der Waals surface area contributed by atoms with Gasteiger partial charge in [-0.3, -0.25) is 0 Å². The Labute approximate surface area is 385 Å². The van der Waals surface area contributed by atoms with Crippen molar-refractivity contribution >= 4 is 38.9 Å². The molecule has 0 saturated heterocycles. The van der Waals surface area contributed by atoms with E-state index in [-0.39, 0.29) is 5.41 Å². The van der Waals surface area contributed by atoms with Gasteiger partial charge < -0.3 is 9.47 Å². The van der Waals surface area contributed by atoms with E-state index >= 15 is 0 Å². The molecule has 3 aliphatic rings. The second kappa shape index (κ2) is 13.7. The highest BCUT2D eigenvalue weighted by molar-refractivity contribution is 6.17. The highest BCUT2D eigenvalue weighted by Gasteiger charge is 2.52. The lowest BCUT2D eigenvalue weighted by molar-refractivity contribution is 0.660. The fourth-order valence-electron chi connectivity index (χ4n) is 12.6. The molecule has 0 amide bonds.